The summed E-state index contributed by atoms with van der Waals surface area (Å²) in [5.74, 6) is 1.44. The van der Waals surface area contributed by atoms with Gasteiger partial charge in [0.25, 0.3) is 0 Å². The number of rotatable bonds is 4. The predicted molar refractivity (Wildman–Crippen MR) is 85.0 cm³/mol. The van der Waals surface area contributed by atoms with Gasteiger partial charge in [-0.15, -0.1) is 0 Å². The van der Waals surface area contributed by atoms with Crippen LogP contribution in [0.25, 0.3) is 0 Å². The Balaban J connectivity index is 1.31. The zero-order valence-corrected chi connectivity index (χ0v) is 14.1. The van der Waals surface area contributed by atoms with Crippen LogP contribution in [0.1, 0.15) is 58.3 Å². The van der Waals surface area contributed by atoms with Gasteiger partial charge in [-0.1, -0.05) is 13.3 Å². The zero-order valence-electron chi connectivity index (χ0n) is 14.1. The van der Waals surface area contributed by atoms with Crippen LogP contribution in [0.2, 0.25) is 0 Å². The number of carbonyl (C=O) groups excluding carboxylic acids is 1. The monoisotopic (exact) mass is 323 g/mol. The molecule has 6 unspecified atom stereocenters. The molecule has 6 atom stereocenters. The third-order valence-corrected chi connectivity index (χ3v) is 6.19. The highest BCUT2D eigenvalue weighted by atomic mass is 16.7. The quantitative estimate of drug-likeness (QED) is 0.745. The molecule has 0 spiro atoms. The Morgan fingerprint density at radius 3 is 2.74 bits per heavy atom. The van der Waals surface area contributed by atoms with Crippen LogP contribution in [0.4, 0.5) is 4.79 Å². The summed E-state index contributed by atoms with van der Waals surface area (Å²) in [6.07, 6.45) is 9.05. The van der Waals surface area contributed by atoms with E-state index in [0.29, 0.717) is 18.4 Å². The summed E-state index contributed by atoms with van der Waals surface area (Å²) in [4.78, 5) is 14.1. The molecule has 0 aromatic heterocycles. The summed E-state index contributed by atoms with van der Waals surface area (Å²) in [5, 5.41) is 0. The number of hydrogen-bond acceptors (Lipinski definition) is 4. The smallest absolute Gasteiger partial charge is 0.412 e. The van der Waals surface area contributed by atoms with E-state index in [1.54, 1.807) is 0 Å². The zero-order chi connectivity index (χ0) is 15.8. The van der Waals surface area contributed by atoms with E-state index in [2.05, 4.69) is 0 Å². The summed E-state index contributed by atoms with van der Waals surface area (Å²) in [6, 6.07) is 0. The van der Waals surface area contributed by atoms with E-state index in [4.69, 9.17) is 14.2 Å². The second-order valence-corrected chi connectivity index (χ2v) is 7.58. The second kappa shape index (κ2) is 6.60. The van der Waals surface area contributed by atoms with Crippen LogP contribution in [0, 0.1) is 11.8 Å². The van der Waals surface area contributed by atoms with Crippen LogP contribution in [0.5, 0.6) is 0 Å². The maximum Gasteiger partial charge on any atom is 0.412 e. The molecular weight excluding hydrogens is 294 g/mol. The minimum Gasteiger partial charge on any atom is -0.419 e. The number of amides is 1. The molecule has 0 N–H and O–H groups in total. The fourth-order valence-corrected chi connectivity index (χ4v) is 5.05. The highest BCUT2D eigenvalue weighted by Crippen LogP contribution is 2.52. The third-order valence-electron chi connectivity index (χ3n) is 6.19. The predicted octanol–water partition coefficient (Wildman–Crippen LogP) is 3.32. The van der Waals surface area contributed by atoms with E-state index < -0.39 is 6.29 Å². The van der Waals surface area contributed by atoms with E-state index in [0.717, 1.165) is 38.3 Å². The molecule has 1 amide bonds. The Hall–Kier alpha value is -0.810. The SMILES string of the molecule is CCC(OC(=O)N1CCCCC1)OC1CC2OC1C1CCCC21. The minimum atomic E-state index is -0.433. The largest absolute Gasteiger partial charge is 0.419 e. The standard InChI is InChI=1S/C18H29NO4/c1-2-16(23-18(20)19-9-4-3-5-10-19)21-15-11-14-12-7-6-8-13(12)17(15)22-14/h12-17H,2-11H2,1H3. The first-order valence-corrected chi connectivity index (χ1v) is 9.52. The van der Waals surface area contributed by atoms with Gasteiger partial charge in [0.2, 0.25) is 6.29 Å². The highest BCUT2D eigenvalue weighted by Gasteiger charge is 2.56. The summed E-state index contributed by atoms with van der Waals surface area (Å²) in [6.45, 7) is 3.65. The lowest BCUT2D eigenvalue weighted by Gasteiger charge is -2.32. The molecule has 3 aliphatic heterocycles. The van der Waals surface area contributed by atoms with Gasteiger partial charge in [0.1, 0.15) is 0 Å². The van der Waals surface area contributed by atoms with Gasteiger partial charge < -0.3 is 19.1 Å². The molecule has 130 valence electrons. The fraction of sp³-hybridized carbons (Fsp3) is 0.944. The van der Waals surface area contributed by atoms with Crippen LogP contribution in [0.3, 0.4) is 0 Å². The Morgan fingerprint density at radius 2 is 1.96 bits per heavy atom. The molecule has 0 aromatic carbocycles. The van der Waals surface area contributed by atoms with E-state index in [1.807, 2.05) is 11.8 Å². The molecule has 1 saturated carbocycles. The van der Waals surface area contributed by atoms with Crippen molar-refractivity contribution in [3.8, 4) is 0 Å². The summed E-state index contributed by atoms with van der Waals surface area (Å²) < 4.78 is 17.9. The van der Waals surface area contributed by atoms with Gasteiger partial charge in [0, 0.05) is 25.9 Å². The van der Waals surface area contributed by atoms with Crippen molar-refractivity contribution in [1.82, 2.24) is 4.90 Å². The van der Waals surface area contributed by atoms with Crippen LogP contribution in [-0.2, 0) is 14.2 Å². The lowest BCUT2D eigenvalue weighted by Crippen LogP contribution is -2.42. The van der Waals surface area contributed by atoms with Crippen molar-refractivity contribution in [2.24, 2.45) is 11.8 Å². The minimum absolute atomic E-state index is 0.110. The molecule has 0 radical (unpaired) electrons. The fourth-order valence-electron chi connectivity index (χ4n) is 5.05. The molecule has 4 rings (SSSR count). The molecule has 0 aromatic rings. The first-order chi connectivity index (χ1) is 11.3. The van der Waals surface area contributed by atoms with Crippen molar-refractivity contribution < 1.29 is 19.0 Å². The number of carbonyl (C=O) groups is 1. The van der Waals surface area contributed by atoms with Crippen molar-refractivity contribution in [2.45, 2.75) is 82.9 Å². The maximum absolute atomic E-state index is 12.3. The first kappa shape index (κ1) is 15.7. The topological polar surface area (TPSA) is 48.0 Å². The number of hydrogen-bond donors (Lipinski definition) is 0. The molecule has 4 aliphatic rings. The van der Waals surface area contributed by atoms with Crippen LogP contribution >= 0.6 is 0 Å². The van der Waals surface area contributed by atoms with E-state index in [1.165, 1.54) is 25.7 Å². The van der Waals surface area contributed by atoms with Gasteiger partial charge in [-0.05, 0) is 43.9 Å². The van der Waals surface area contributed by atoms with Crippen LogP contribution in [-0.4, -0.2) is 48.7 Å². The van der Waals surface area contributed by atoms with Crippen molar-refractivity contribution in [3.05, 3.63) is 0 Å². The lowest BCUT2D eigenvalue weighted by molar-refractivity contribution is -0.161. The lowest BCUT2D eigenvalue weighted by atomic mass is 9.80. The molecule has 4 fully saturated rings. The Kier molecular flexibility index (Phi) is 4.50. The van der Waals surface area contributed by atoms with Gasteiger partial charge >= 0.3 is 6.09 Å². The van der Waals surface area contributed by atoms with E-state index in [9.17, 15) is 4.79 Å². The van der Waals surface area contributed by atoms with Gasteiger partial charge in [0.05, 0.1) is 18.3 Å². The summed E-state index contributed by atoms with van der Waals surface area (Å²) in [5.41, 5.74) is 0. The molecule has 2 bridgehead atoms. The molecular formula is C18H29NO4. The second-order valence-electron chi connectivity index (χ2n) is 7.58. The van der Waals surface area contributed by atoms with E-state index in [-0.39, 0.29) is 18.3 Å². The van der Waals surface area contributed by atoms with Gasteiger partial charge in [0.15, 0.2) is 0 Å². The van der Waals surface area contributed by atoms with Crippen molar-refractivity contribution in [1.29, 1.82) is 0 Å². The maximum atomic E-state index is 12.3. The van der Waals surface area contributed by atoms with Crippen molar-refractivity contribution in [2.75, 3.05) is 13.1 Å². The van der Waals surface area contributed by atoms with Gasteiger partial charge in [-0.25, -0.2) is 4.79 Å². The summed E-state index contributed by atoms with van der Waals surface area (Å²) >= 11 is 0. The van der Waals surface area contributed by atoms with Crippen molar-refractivity contribution in [3.63, 3.8) is 0 Å². The Labute approximate surface area is 138 Å². The molecule has 23 heavy (non-hydrogen) atoms. The molecule has 1 aliphatic carbocycles. The number of piperidine rings is 1. The van der Waals surface area contributed by atoms with Crippen LogP contribution in [0.15, 0.2) is 0 Å². The molecule has 3 saturated heterocycles. The summed E-state index contributed by atoms with van der Waals surface area (Å²) in [7, 11) is 0. The number of likely N-dealkylation sites (tertiary alicyclic amines) is 1. The Bertz CT molecular complexity index is 437. The van der Waals surface area contributed by atoms with Gasteiger partial charge in [-0.2, -0.15) is 0 Å². The average molecular weight is 323 g/mol. The Morgan fingerprint density at radius 1 is 1.17 bits per heavy atom. The van der Waals surface area contributed by atoms with Crippen LogP contribution < -0.4 is 0 Å². The molecule has 5 nitrogen and oxygen atoms in total. The number of nitrogens with zero attached hydrogens (tertiary/aromatic N) is 1. The molecule has 5 heteroatoms. The first-order valence-electron chi connectivity index (χ1n) is 9.52. The van der Waals surface area contributed by atoms with E-state index >= 15 is 0 Å². The normalized spacial score (nSPS) is 40.2. The third kappa shape index (κ3) is 2.98. The van der Waals surface area contributed by atoms with Crippen molar-refractivity contribution >= 4 is 6.09 Å². The average Bonchev–Trinajstić information content (AvgIpc) is 3.27. The van der Waals surface area contributed by atoms with Gasteiger partial charge in [-0.3, -0.25) is 0 Å². The molecule has 3 heterocycles. The highest BCUT2D eigenvalue weighted by molar-refractivity contribution is 5.67. The number of ether oxygens (including phenoxy) is 3. The number of fused-ring (bicyclic) bond motifs is 5.